The van der Waals surface area contributed by atoms with Crippen molar-refractivity contribution >= 4 is 34.5 Å². The number of hydrogen-bond donors (Lipinski definition) is 1. The van der Waals surface area contributed by atoms with Gasteiger partial charge in [0.2, 0.25) is 0 Å². The van der Waals surface area contributed by atoms with Crippen LogP contribution in [0.25, 0.3) is 0 Å². The monoisotopic (exact) mass is 184 g/mol. The highest BCUT2D eigenvalue weighted by molar-refractivity contribution is 7.15. The number of rotatable bonds is 1. The van der Waals surface area contributed by atoms with E-state index in [4.69, 9.17) is 23.2 Å². The van der Waals surface area contributed by atoms with Crippen molar-refractivity contribution < 1.29 is 0 Å². The molecule has 3 N–H and O–H groups in total. The molecule has 5 heteroatoms. The Morgan fingerprint density at radius 1 is 1.67 bits per heavy atom. The lowest BCUT2D eigenvalue weighted by Gasteiger charge is -1.75. The van der Waals surface area contributed by atoms with Crippen LogP contribution in [0.5, 0.6) is 0 Å². The summed E-state index contributed by atoms with van der Waals surface area (Å²) in [6, 6.07) is 0. The van der Waals surface area contributed by atoms with E-state index in [1.807, 2.05) is 0 Å². The minimum Gasteiger partial charge on any atom is -0.344 e. The quantitative estimate of drug-likeness (QED) is 0.683. The molecule has 9 heavy (non-hydrogen) atoms. The molecule has 1 aromatic heterocycles. The summed E-state index contributed by atoms with van der Waals surface area (Å²) in [5.74, 6) is 0.504. The maximum absolute atomic E-state index is 5.49. The molecule has 0 aromatic carbocycles. The van der Waals surface area contributed by atoms with Crippen LogP contribution >= 0.6 is 34.5 Å². The van der Waals surface area contributed by atoms with E-state index in [2.05, 4.69) is 4.98 Å². The second kappa shape index (κ2) is 4.06. The molecule has 0 aliphatic rings. The van der Waals surface area contributed by atoms with Crippen LogP contribution in [-0.4, -0.2) is 4.98 Å². The van der Waals surface area contributed by atoms with E-state index in [9.17, 15) is 0 Å². The first kappa shape index (κ1) is 9.17. The molecule has 0 atom stereocenters. The first-order valence-electron chi connectivity index (χ1n) is 1.99. The zero-order chi connectivity index (χ0) is 5.98. The SMILES string of the molecule is ClCc1cnc(Cl)s1.N. The van der Waals surface area contributed by atoms with Gasteiger partial charge in [-0.25, -0.2) is 4.98 Å². The fraction of sp³-hybridized carbons (Fsp3) is 0.250. The fourth-order valence-electron chi connectivity index (χ4n) is 0.345. The lowest BCUT2D eigenvalue weighted by molar-refractivity contribution is 1.37. The van der Waals surface area contributed by atoms with Crippen molar-refractivity contribution in [3.8, 4) is 0 Å². The van der Waals surface area contributed by atoms with Crippen LogP contribution in [0.3, 0.4) is 0 Å². The van der Waals surface area contributed by atoms with E-state index < -0.39 is 0 Å². The molecule has 0 fully saturated rings. The second-order valence-corrected chi connectivity index (χ2v) is 3.18. The highest BCUT2D eigenvalue weighted by atomic mass is 35.5. The van der Waals surface area contributed by atoms with Gasteiger partial charge in [0.15, 0.2) is 4.47 Å². The summed E-state index contributed by atoms with van der Waals surface area (Å²) >= 11 is 12.4. The Morgan fingerprint density at radius 3 is 2.56 bits per heavy atom. The van der Waals surface area contributed by atoms with Gasteiger partial charge in [0, 0.05) is 11.1 Å². The molecule has 0 amide bonds. The Kier molecular flexibility index (Phi) is 4.14. The lowest BCUT2D eigenvalue weighted by Crippen LogP contribution is -1.60. The summed E-state index contributed by atoms with van der Waals surface area (Å²) in [4.78, 5) is 4.80. The first-order chi connectivity index (χ1) is 3.83. The predicted octanol–water partition coefficient (Wildman–Crippen LogP) is 2.70. The van der Waals surface area contributed by atoms with Crippen molar-refractivity contribution in [3.05, 3.63) is 15.5 Å². The summed E-state index contributed by atoms with van der Waals surface area (Å²) in [5.41, 5.74) is 0. The van der Waals surface area contributed by atoms with E-state index >= 15 is 0 Å². The van der Waals surface area contributed by atoms with Crippen LogP contribution in [0.4, 0.5) is 0 Å². The highest BCUT2D eigenvalue weighted by Gasteiger charge is 1.94. The van der Waals surface area contributed by atoms with Crippen LogP contribution in [-0.2, 0) is 5.88 Å². The molecule has 0 bridgehead atoms. The van der Waals surface area contributed by atoms with Gasteiger partial charge >= 0.3 is 0 Å². The van der Waals surface area contributed by atoms with Crippen LogP contribution in [0.15, 0.2) is 6.20 Å². The van der Waals surface area contributed by atoms with Crippen LogP contribution in [0.2, 0.25) is 4.47 Å². The maximum atomic E-state index is 5.49. The summed E-state index contributed by atoms with van der Waals surface area (Å²) < 4.78 is 0.556. The van der Waals surface area contributed by atoms with Gasteiger partial charge in [-0.3, -0.25) is 0 Å². The average Bonchev–Trinajstić information content (AvgIpc) is 2.14. The molecule has 1 aromatic rings. The van der Waals surface area contributed by atoms with Gasteiger partial charge in [-0.15, -0.1) is 22.9 Å². The number of thiazole rings is 1. The average molecular weight is 185 g/mol. The molecule has 2 nitrogen and oxygen atoms in total. The van der Waals surface area contributed by atoms with Gasteiger partial charge in [-0.2, -0.15) is 0 Å². The Morgan fingerprint density at radius 2 is 2.33 bits per heavy atom. The first-order valence-corrected chi connectivity index (χ1v) is 3.72. The van der Waals surface area contributed by atoms with Gasteiger partial charge in [0.05, 0.1) is 5.88 Å². The zero-order valence-corrected chi connectivity index (χ0v) is 6.93. The largest absolute Gasteiger partial charge is 0.344 e. The molecule has 0 saturated carbocycles. The molecule has 1 heterocycles. The second-order valence-electron chi connectivity index (χ2n) is 1.21. The van der Waals surface area contributed by atoms with E-state index in [1.54, 1.807) is 6.20 Å². The van der Waals surface area contributed by atoms with Crippen LogP contribution in [0.1, 0.15) is 4.88 Å². The third-order valence-electron chi connectivity index (χ3n) is 0.657. The minimum absolute atomic E-state index is 0. The van der Waals surface area contributed by atoms with Gasteiger partial charge in [-0.1, -0.05) is 11.6 Å². The van der Waals surface area contributed by atoms with Crippen LogP contribution < -0.4 is 6.15 Å². The summed E-state index contributed by atoms with van der Waals surface area (Å²) in [6.45, 7) is 0. The van der Waals surface area contributed by atoms with Gasteiger partial charge in [-0.05, 0) is 0 Å². The zero-order valence-electron chi connectivity index (χ0n) is 4.60. The molecule has 0 unspecified atom stereocenters. The molecule has 52 valence electrons. The number of alkyl halides is 1. The lowest BCUT2D eigenvalue weighted by atomic mass is 10.6. The Hall–Kier alpha value is 0.170. The maximum Gasteiger partial charge on any atom is 0.183 e. The highest BCUT2D eigenvalue weighted by Crippen LogP contribution is 2.18. The molecule has 1 rings (SSSR count). The molecule has 0 radical (unpaired) electrons. The van der Waals surface area contributed by atoms with Crippen molar-refractivity contribution in [2.75, 3.05) is 0 Å². The van der Waals surface area contributed by atoms with Gasteiger partial charge in [0.25, 0.3) is 0 Å². The van der Waals surface area contributed by atoms with Crippen molar-refractivity contribution in [2.24, 2.45) is 0 Å². The molecule has 0 aliphatic heterocycles. The van der Waals surface area contributed by atoms with E-state index in [-0.39, 0.29) is 6.15 Å². The van der Waals surface area contributed by atoms with Gasteiger partial charge in [0.1, 0.15) is 0 Å². The van der Waals surface area contributed by atoms with E-state index in [0.717, 1.165) is 4.88 Å². The standard InChI is InChI=1S/C4H3Cl2NS.H3N/c5-1-3-2-7-4(6)8-3;/h2H,1H2;1H3. The number of aromatic nitrogens is 1. The number of nitrogens with zero attached hydrogens (tertiary/aromatic N) is 1. The molecular formula is C4H6Cl2N2S. The number of halogens is 2. The topological polar surface area (TPSA) is 47.9 Å². The third kappa shape index (κ3) is 2.49. The van der Waals surface area contributed by atoms with Crippen molar-refractivity contribution in [1.29, 1.82) is 0 Å². The van der Waals surface area contributed by atoms with Crippen LogP contribution in [0, 0.1) is 0 Å². The fourth-order valence-corrected chi connectivity index (χ4v) is 1.41. The summed E-state index contributed by atoms with van der Waals surface area (Å²) in [6.07, 6.45) is 1.68. The van der Waals surface area contributed by atoms with Gasteiger partial charge < -0.3 is 6.15 Å². The van der Waals surface area contributed by atoms with Crippen molar-refractivity contribution in [1.82, 2.24) is 11.1 Å². The van der Waals surface area contributed by atoms with Crippen molar-refractivity contribution in [3.63, 3.8) is 0 Å². The Labute approximate surface area is 67.4 Å². The number of hydrogen-bond acceptors (Lipinski definition) is 3. The molecule has 0 aliphatic carbocycles. The smallest absolute Gasteiger partial charge is 0.183 e. The summed E-state index contributed by atoms with van der Waals surface area (Å²) in [7, 11) is 0. The third-order valence-corrected chi connectivity index (χ3v) is 2.22. The van der Waals surface area contributed by atoms with E-state index in [0.29, 0.717) is 10.3 Å². The Balaban J connectivity index is 0.000000640. The van der Waals surface area contributed by atoms with E-state index in [1.165, 1.54) is 11.3 Å². The predicted molar refractivity (Wildman–Crippen MR) is 41.7 cm³/mol. The molecule has 0 spiro atoms. The molecule has 0 saturated heterocycles. The normalized spacial score (nSPS) is 8.67. The van der Waals surface area contributed by atoms with Crippen molar-refractivity contribution in [2.45, 2.75) is 5.88 Å². The summed E-state index contributed by atoms with van der Waals surface area (Å²) in [5, 5.41) is 0. The Bertz CT molecular complexity index is 177. The minimum atomic E-state index is 0. The molecular weight excluding hydrogens is 179 g/mol.